The lowest BCUT2D eigenvalue weighted by molar-refractivity contribution is 0.547. The van der Waals surface area contributed by atoms with E-state index in [-0.39, 0.29) is 11.9 Å². The molecule has 0 saturated heterocycles. The van der Waals surface area contributed by atoms with E-state index < -0.39 is 0 Å². The van der Waals surface area contributed by atoms with Gasteiger partial charge in [-0.05, 0) is 66.9 Å². The van der Waals surface area contributed by atoms with Crippen molar-refractivity contribution >= 4 is 23.2 Å². The van der Waals surface area contributed by atoms with Crippen LogP contribution in [0.4, 0.5) is 4.39 Å². The monoisotopic (exact) mass is 325 g/mol. The van der Waals surface area contributed by atoms with Crippen LogP contribution in [0, 0.1) is 12.7 Å². The van der Waals surface area contributed by atoms with E-state index in [0.717, 1.165) is 29.7 Å². The van der Waals surface area contributed by atoms with Crippen molar-refractivity contribution in [2.24, 2.45) is 0 Å². The number of aryl methyl sites for hydroxylation is 1. The summed E-state index contributed by atoms with van der Waals surface area (Å²) >= 11 is 12.2. The maximum atomic E-state index is 13.2. The Hall–Kier alpha value is -1.09. The summed E-state index contributed by atoms with van der Waals surface area (Å²) in [6.07, 6.45) is 0.761. The van der Waals surface area contributed by atoms with Gasteiger partial charge in [-0.2, -0.15) is 0 Å². The maximum Gasteiger partial charge on any atom is 0.123 e. The fourth-order valence-electron chi connectivity index (χ4n) is 2.44. The summed E-state index contributed by atoms with van der Waals surface area (Å²) in [5.74, 6) is -0.206. The zero-order valence-corrected chi connectivity index (χ0v) is 13.6. The van der Waals surface area contributed by atoms with E-state index in [1.807, 2.05) is 25.1 Å². The van der Waals surface area contributed by atoms with Crippen LogP contribution >= 0.6 is 23.2 Å². The smallest absolute Gasteiger partial charge is 0.123 e. The van der Waals surface area contributed by atoms with Crippen molar-refractivity contribution in [1.29, 1.82) is 0 Å². The summed E-state index contributed by atoms with van der Waals surface area (Å²) in [4.78, 5) is 0. The molecule has 1 nitrogen and oxygen atoms in total. The van der Waals surface area contributed by atoms with Crippen molar-refractivity contribution in [3.05, 3.63) is 69.0 Å². The number of rotatable bonds is 5. The van der Waals surface area contributed by atoms with Crippen LogP contribution < -0.4 is 5.32 Å². The Bertz CT molecular complexity index is 608. The molecule has 0 saturated carbocycles. The molecule has 0 aliphatic heterocycles. The molecule has 112 valence electrons. The normalized spacial score (nSPS) is 12.4. The van der Waals surface area contributed by atoms with E-state index in [0.29, 0.717) is 10.0 Å². The van der Waals surface area contributed by atoms with Gasteiger partial charge in [-0.3, -0.25) is 0 Å². The first kappa shape index (κ1) is 16.3. The molecule has 0 aliphatic rings. The lowest BCUT2D eigenvalue weighted by Crippen LogP contribution is -2.23. The van der Waals surface area contributed by atoms with Crippen LogP contribution in [0.1, 0.15) is 29.7 Å². The third kappa shape index (κ3) is 4.44. The molecule has 21 heavy (non-hydrogen) atoms. The Kier molecular flexibility index (Phi) is 5.63. The summed E-state index contributed by atoms with van der Waals surface area (Å²) in [5.41, 5.74) is 3.10. The molecule has 1 atom stereocenters. The Balaban J connectivity index is 2.30. The summed E-state index contributed by atoms with van der Waals surface area (Å²) in [7, 11) is 0. The van der Waals surface area contributed by atoms with Crippen LogP contribution in [0.2, 0.25) is 10.0 Å². The second-order valence-corrected chi connectivity index (χ2v) is 5.96. The van der Waals surface area contributed by atoms with E-state index in [4.69, 9.17) is 23.2 Å². The summed E-state index contributed by atoms with van der Waals surface area (Å²) in [6, 6.07) is 10.5. The van der Waals surface area contributed by atoms with Crippen molar-refractivity contribution in [3.63, 3.8) is 0 Å². The van der Waals surface area contributed by atoms with Crippen LogP contribution in [0.15, 0.2) is 36.4 Å². The number of hydrogen-bond donors (Lipinski definition) is 1. The van der Waals surface area contributed by atoms with Crippen molar-refractivity contribution < 1.29 is 4.39 Å². The molecule has 1 N–H and O–H groups in total. The quantitative estimate of drug-likeness (QED) is 0.782. The molecule has 0 heterocycles. The van der Waals surface area contributed by atoms with E-state index in [1.54, 1.807) is 12.1 Å². The molecule has 0 radical (unpaired) electrons. The standard InChI is InChI=1S/C17H18Cl2FN/c1-3-21-17(13-7-14(18)10-15(19)8-13)9-12-4-5-16(20)6-11(12)2/h4-8,10,17,21H,3,9H2,1-2H3. The first-order chi connectivity index (χ1) is 9.99. The number of halogens is 3. The zero-order chi connectivity index (χ0) is 15.4. The van der Waals surface area contributed by atoms with Gasteiger partial charge in [0.1, 0.15) is 5.82 Å². The average Bonchev–Trinajstić information content (AvgIpc) is 2.40. The zero-order valence-electron chi connectivity index (χ0n) is 12.1. The Morgan fingerprint density at radius 2 is 1.76 bits per heavy atom. The third-order valence-electron chi connectivity index (χ3n) is 3.47. The van der Waals surface area contributed by atoms with Crippen molar-refractivity contribution in [2.75, 3.05) is 6.54 Å². The highest BCUT2D eigenvalue weighted by Crippen LogP contribution is 2.26. The molecule has 2 rings (SSSR count). The molecule has 0 amide bonds. The summed E-state index contributed by atoms with van der Waals surface area (Å²) in [5, 5.41) is 4.68. The molecule has 1 unspecified atom stereocenters. The van der Waals surface area contributed by atoms with E-state index in [9.17, 15) is 4.39 Å². The van der Waals surface area contributed by atoms with E-state index in [2.05, 4.69) is 12.2 Å². The average molecular weight is 326 g/mol. The predicted molar refractivity (Wildman–Crippen MR) is 87.7 cm³/mol. The van der Waals surface area contributed by atoms with Gasteiger partial charge in [0.05, 0.1) is 0 Å². The van der Waals surface area contributed by atoms with Crippen LogP contribution in [-0.4, -0.2) is 6.54 Å². The summed E-state index contributed by atoms with van der Waals surface area (Å²) < 4.78 is 13.2. The topological polar surface area (TPSA) is 12.0 Å². The van der Waals surface area contributed by atoms with Crippen LogP contribution in [0.3, 0.4) is 0 Å². The molecule has 0 aromatic heterocycles. The molecule has 2 aromatic carbocycles. The summed E-state index contributed by atoms with van der Waals surface area (Å²) in [6.45, 7) is 4.80. The van der Waals surface area contributed by atoms with Gasteiger partial charge >= 0.3 is 0 Å². The largest absolute Gasteiger partial charge is 0.310 e. The molecule has 2 aromatic rings. The van der Waals surface area contributed by atoms with Crippen LogP contribution in [0.25, 0.3) is 0 Å². The Morgan fingerprint density at radius 3 is 2.33 bits per heavy atom. The Labute approximate surface area is 135 Å². The number of likely N-dealkylation sites (N-methyl/N-ethyl adjacent to an activating group) is 1. The van der Waals surface area contributed by atoms with Gasteiger partial charge in [-0.15, -0.1) is 0 Å². The van der Waals surface area contributed by atoms with Crippen LogP contribution in [-0.2, 0) is 6.42 Å². The van der Waals surface area contributed by atoms with Gasteiger partial charge in [-0.1, -0.05) is 36.2 Å². The highest BCUT2D eigenvalue weighted by atomic mass is 35.5. The maximum absolute atomic E-state index is 13.2. The molecule has 0 aliphatic carbocycles. The van der Waals surface area contributed by atoms with Gasteiger partial charge in [-0.25, -0.2) is 4.39 Å². The fraction of sp³-hybridized carbons (Fsp3) is 0.294. The van der Waals surface area contributed by atoms with Gasteiger partial charge in [0.25, 0.3) is 0 Å². The van der Waals surface area contributed by atoms with E-state index >= 15 is 0 Å². The highest BCUT2D eigenvalue weighted by Gasteiger charge is 2.14. The first-order valence-electron chi connectivity index (χ1n) is 6.94. The molecule has 0 spiro atoms. The van der Waals surface area contributed by atoms with Crippen LogP contribution in [0.5, 0.6) is 0 Å². The van der Waals surface area contributed by atoms with E-state index in [1.165, 1.54) is 6.07 Å². The SMILES string of the molecule is CCNC(Cc1ccc(F)cc1C)c1cc(Cl)cc(Cl)c1. The number of nitrogens with one attached hydrogen (secondary N) is 1. The minimum atomic E-state index is -0.206. The highest BCUT2D eigenvalue weighted by molar-refractivity contribution is 6.34. The number of benzene rings is 2. The lowest BCUT2D eigenvalue weighted by atomic mass is 9.96. The molecular formula is C17H18Cl2FN. The molecule has 4 heteroatoms. The third-order valence-corrected chi connectivity index (χ3v) is 3.90. The van der Waals surface area contributed by atoms with Crippen molar-refractivity contribution in [1.82, 2.24) is 5.32 Å². The Morgan fingerprint density at radius 1 is 1.10 bits per heavy atom. The first-order valence-corrected chi connectivity index (χ1v) is 7.69. The lowest BCUT2D eigenvalue weighted by Gasteiger charge is -2.20. The second kappa shape index (κ2) is 7.26. The van der Waals surface area contributed by atoms with Crippen molar-refractivity contribution in [3.8, 4) is 0 Å². The number of hydrogen-bond acceptors (Lipinski definition) is 1. The van der Waals surface area contributed by atoms with Gasteiger partial charge < -0.3 is 5.32 Å². The molecular weight excluding hydrogens is 308 g/mol. The fourth-order valence-corrected chi connectivity index (χ4v) is 2.98. The minimum absolute atomic E-state index is 0.0929. The van der Waals surface area contributed by atoms with Crippen molar-refractivity contribution in [2.45, 2.75) is 26.3 Å². The van der Waals surface area contributed by atoms with Gasteiger partial charge in [0.15, 0.2) is 0 Å². The molecule has 0 bridgehead atoms. The minimum Gasteiger partial charge on any atom is -0.310 e. The van der Waals surface area contributed by atoms with Gasteiger partial charge in [0.2, 0.25) is 0 Å². The molecule has 0 fully saturated rings. The van der Waals surface area contributed by atoms with Gasteiger partial charge in [0, 0.05) is 16.1 Å². The predicted octanol–water partition coefficient (Wildman–Crippen LogP) is 5.33. The second-order valence-electron chi connectivity index (χ2n) is 5.09.